The van der Waals surface area contributed by atoms with E-state index in [1.165, 1.54) is 12.1 Å². The topological polar surface area (TPSA) is 195 Å². The Hall–Kier alpha value is -4.85. The number of alkyl carbamates (subject to hydrolysis) is 1. The summed E-state index contributed by atoms with van der Waals surface area (Å²) in [6.07, 6.45) is -3.38. The molecule has 3 aliphatic carbocycles. The number of nitrogens with one attached hydrogen (secondary N) is 3. The fourth-order valence-electron chi connectivity index (χ4n) is 7.41. The van der Waals surface area contributed by atoms with E-state index < -0.39 is 129 Å². The number of sulfonamides is 1. The van der Waals surface area contributed by atoms with Crippen molar-refractivity contribution < 1.29 is 59.4 Å². The standard InChI is InChI=1S/C37H42F4N6O9S/c1-35(2,3)28-32(49)47-18-19(16-24(47)30(48)45-36(17-21(36)29(38)39)33(50)46-57(52,53)20-12-13-20)55-31-27(42-22-8-4-5-9-23(22)43-31)37(40,41)14-7-15-54-25-10-6-11-26(25)56-34(51)44-28/h4-5,7-9,14,19-20,24-26,28H,6,10-13,15-18H2,1-3H3,(H,44,51)(H,45,48)(H,46,50)/b14-7+/t19-,24+,25-,26-,28-,36-/m1/s1. The van der Waals surface area contributed by atoms with Crippen LogP contribution in [-0.4, -0.2) is 101 Å². The Morgan fingerprint density at radius 1 is 1.00 bits per heavy atom. The number of alkyl halides is 2. The summed E-state index contributed by atoms with van der Waals surface area (Å²) in [4.78, 5) is 65.0. The molecule has 4 fully saturated rings. The predicted octanol–water partition coefficient (Wildman–Crippen LogP) is 3.74. The van der Waals surface area contributed by atoms with Crippen LogP contribution < -0.4 is 20.1 Å². The highest BCUT2D eigenvalue weighted by Crippen LogP contribution is 2.47. The largest absolute Gasteiger partial charge is 0.471 e. The molecule has 308 valence electrons. The van der Waals surface area contributed by atoms with Crippen molar-refractivity contribution >= 4 is 44.9 Å². The molecule has 2 bridgehead atoms. The fourth-order valence-corrected chi connectivity index (χ4v) is 8.76. The summed E-state index contributed by atoms with van der Waals surface area (Å²) >= 11 is 0. The molecule has 4 amide bonds. The smallest absolute Gasteiger partial charge is 0.408 e. The number of hydrogen-bond acceptors (Lipinski definition) is 11. The molecular weight excluding hydrogens is 780 g/mol. The zero-order chi connectivity index (χ0) is 41.1. The van der Waals surface area contributed by atoms with Gasteiger partial charge in [-0.3, -0.25) is 19.1 Å². The van der Waals surface area contributed by atoms with Crippen LogP contribution in [0.3, 0.4) is 0 Å². The van der Waals surface area contributed by atoms with Crippen molar-refractivity contribution in [3.63, 3.8) is 0 Å². The Kier molecular flexibility index (Phi) is 10.5. The lowest BCUT2D eigenvalue weighted by molar-refractivity contribution is -0.142. The minimum absolute atomic E-state index is 0.127. The lowest BCUT2D eigenvalue weighted by atomic mass is 9.85. The van der Waals surface area contributed by atoms with E-state index >= 15 is 8.78 Å². The third-order valence-corrected chi connectivity index (χ3v) is 12.5. The molecule has 2 aromatic rings. The van der Waals surface area contributed by atoms with Crippen LogP contribution in [0.2, 0.25) is 0 Å². The van der Waals surface area contributed by atoms with Gasteiger partial charge in [0.05, 0.1) is 35.5 Å². The molecule has 6 atom stereocenters. The zero-order valence-corrected chi connectivity index (χ0v) is 32.0. The lowest BCUT2D eigenvalue weighted by Crippen LogP contribution is -2.60. The van der Waals surface area contributed by atoms with Crippen LogP contribution in [0, 0.1) is 5.41 Å². The van der Waals surface area contributed by atoms with Crippen molar-refractivity contribution in [1.82, 2.24) is 30.2 Å². The summed E-state index contributed by atoms with van der Waals surface area (Å²) in [5, 5.41) is 3.98. The second kappa shape index (κ2) is 14.8. The number of amides is 4. The van der Waals surface area contributed by atoms with Crippen LogP contribution in [0.5, 0.6) is 5.88 Å². The van der Waals surface area contributed by atoms with E-state index in [9.17, 15) is 36.4 Å². The number of benzene rings is 1. The van der Waals surface area contributed by atoms with Crippen LogP contribution in [0.25, 0.3) is 11.0 Å². The van der Waals surface area contributed by atoms with Gasteiger partial charge < -0.3 is 29.7 Å². The van der Waals surface area contributed by atoms with E-state index in [-0.39, 0.29) is 30.5 Å². The molecule has 3 N–H and O–H groups in total. The highest BCUT2D eigenvalue weighted by Gasteiger charge is 2.62. The third kappa shape index (κ3) is 8.28. The quantitative estimate of drug-likeness (QED) is 0.294. The second-order valence-electron chi connectivity index (χ2n) is 16.0. The Bertz CT molecular complexity index is 2160. The molecule has 5 aliphatic rings. The van der Waals surface area contributed by atoms with Crippen LogP contribution in [0.15, 0.2) is 48.1 Å². The first kappa shape index (κ1) is 40.4. The molecule has 20 heteroatoms. The molecule has 2 aliphatic heterocycles. The minimum Gasteiger partial charge on any atom is -0.471 e. The van der Waals surface area contributed by atoms with Gasteiger partial charge in [0.15, 0.2) is 11.2 Å². The number of allylic oxidation sites excluding steroid dienone is 1. The molecule has 7 rings (SSSR count). The fraction of sp³-hybridized carbons (Fsp3) is 0.568. The Balaban J connectivity index is 1.27. The molecule has 15 nitrogen and oxygen atoms in total. The SMILES string of the molecule is CC(C)(C)[C@@H]1NC(=O)O[C@@H]2CCC[C@H]2OC/C=C/C(F)(F)c2nc3ccccc3nc2O[C@@H]2C[C@@H](C(=O)N[C@]3(C(=O)NS(=O)(=O)C4CC4)CC3=C(F)F)N(C2)C1=O. The Morgan fingerprint density at radius 3 is 2.33 bits per heavy atom. The van der Waals surface area contributed by atoms with E-state index in [0.29, 0.717) is 25.3 Å². The van der Waals surface area contributed by atoms with E-state index in [0.717, 1.165) is 11.0 Å². The summed E-state index contributed by atoms with van der Waals surface area (Å²) in [5.74, 6) is -7.77. The number of carbonyl (C=O) groups excluding carboxylic acids is 4. The number of nitrogens with zero attached hydrogens (tertiary/aromatic N) is 3. The molecule has 1 aromatic heterocycles. The van der Waals surface area contributed by atoms with Crippen LogP contribution >= 0.6 is 0 Å². The van der Waals surface area contributed by atoms with Crippen molar-refractivity contribution in [1.29, 1.82) is 0 Å². The average Bonchev–Trinajstić information content (AvgIpc) is 4.04. The Morgan fingerprint density at radius 2 is 1.68 bits per heavy atom. The molecule has 0 unspecified atom stereocenters. The molecule has 1 aromatic carbocycles. The minimum atomic E-state index is -4.23. The van der Waals surface area contributed by atoms with Crippen LogP contribution in [-0.2, 0) is 39.8 Å². The van der Waals surface area contributed by atoms with Gasteiger partial charge in [-0.15, -0.1) is 0 Å². The molecule has 0 spiro atoms. The third-order valence-electron chi connectivity index (χ3n) is 10.7. The number of hydrogen-bond donors (Lipinski definition) is 3. The summed E-state index contributed by atoms with van der Waals surface area (Å²) in [5.41, 5.74) is -4.85. The average molecular weight is 823 g/mol. The first-order valence-corrected chi connectivity index (χ1v) is 20.1. The van der Waals surface area contributed by atoms with Crippen LogP contribution in [0.4, 0.5) is 22.4 Å². The van der Waals surface area contributed by atoms with Gasteiger partial charge in [0, 0.05) is 18.4 Å². The van der Waals surface area contributed by atoms with Gasteiger partial charge in [0.25, 0.3) is 12.0 Å². The first-order valence-electron chi connectivity index (χ1n) is 18.6. The van der Waals surface area contributed by atoms with Gasteiger partial charge >= 0.3 is 12.0 Å². The van der Waals surface area contributed by atoms with Gasteiger partial charge in [-0.1, -0.05) is 39.0 Å². The molecule has 0 radical (unpaired) electrons. The van der Waals surface area contributed by atoms with Gasteiger partial charge in [-0.25, -0.2) is 23.2 Å². The maximum Gasteiger partial charge on any atom is 0.408 e. The van der Waals surface area contributed by atoms with Gasteiger partial charge in [-0.05, 0) is 55.7 Å². The summed E-state index contributed by atoms with van der Waals surface area (Å²) in [6, 6.07) is 3.23. The normalized spacial score (nSPS) is 29.8. The predicted molar refractivity (Wildman–Crippen MR) is 192 cm³/mol. The molecule has 3 heterocycles. The number of halogens is 4. The number of carbonyl (C=O) groups is 4. The summed E-state index contributed by atoms with van der Waals surface area (Å²) in [7, 11) is -4.23. The second-order valence-corrected chi connectivity index (χ2v) is 18.0. The number of rotatable bonds is 5. The van der Waals surface area contributed by atoms with E-state index in [2.05, 4.69) is 20.6 Å². The van der Waals surface area contributed by atoms with Gasteiger partial charge in [0.1, 0.15) is 24.3 Å². The van der Waals surface area contributed by atoms with Crippen molar-refractivity contribution in [2.45, 2.75) is 113 Å². The summed E-state index contributed by atoms with van der Waals surface area (Å²) in [6.45, 7) is 4.20. The molecule has 1 saturated heterocycles. The lowest BCUT2D eigenvalue weighted by Gasteiger charge is -2.35. The van der Waals surface area contributed by atoms with Crippen molar-refractivity contribution in [3.05, 3.63) is 53.8 Å². The first-order chi connectivity index (χ1) is 26.8. The highest BCUT2D eigenvalue weighted by molar-refractivity contribution is 7.91. The molecular formula is C37H42F4N6O9S. The maximum atomic E-state index is 16.0. The number of para-hydroxylation sites is 2. The van der Waals surface area contributed by atoms with Gasteiger partial charge in [-0.2, -0.15) is 17.6 Å². The highest BCUT2D eigenvalue weighted by atomic mass is 32.2. The Labute approximate surface area is 325 Å². The number of fused-ring (bicyclic) bond motifs is 5. The number of aromatic nitrogens is 2. The van der Waals surface area contributed by atoms with Gasteiger partial charge in [0.2, 0.25) is 27.7 Å². The number of ether oxygens (including phenoxy) is 3. The summed E-state index contributed by atoms with van der Waals surface area (Å²) < 4.78 is 105. The van der Waals surface area contributed by atoms with E-state index in [1.54, 1.807) is 37.6 Å². The molecule has 3 saturated carbocycles. The molecule has 57 heavy (non-hydrogen) atoms. The van der Waals surface area contributed by atoms with Crippen LogP contribution in [0.1, 0.15) is 71.4 Å². The van der Waals surface area contributed by atoms with Crippen molar-refractivity contribution in [2.24, 2.45) is 5.41 Å². The van der Waals surface area contributed by atoms with E-state index in [4.69, 9.17) is 14.2 Å². The van der Waals surface area contributed by atoms with Crippen molar-refractivity contribution in [3.8, 4) is 5.88 Å². The van der Waals surface area contributed by atoms with Crippen molar-refractivity contribution in [2.75, 3.05) is 13.2 Å². The monoisotopic (exact) mass is 822 g/mol. The zero-order valence-electron chi connectivity index (χ0n) is 31.2. The maximum absolute atomic E-state index is 16.0. The van der Waals surface area contributed by atoms with E-state index in [1.807, 2.05) is 0 Å².